The lowest BCUT2D eigenvalue weighted by molar-refractivity contribution is 0.711. The second kappa shape index (κ2) is 9.46. The molecular formula is C20H24ClN4PS3. The zero-order chi connectivity index (χ0) is 19.7. The van der Waals surface area contributed by atoms with Gasteiger partial charge < -0.3 is 5.09 Å². The van der Waals surface area contributed by atoms with Gasteiger partial charge in [0.25, 0.3) is 0 Å². The first kappa shape index (κ1) is 22.7. The maximum Gasteiger partial charge on any atom is 0.150 e. The topological polar surface area (TPSA) is 33.1 Å². The molecule has 2 aromatic heterocycles. The molecule has 0 aliphatic carbocycles. The van der Waals surface area contributed by atoms with Crippen molar-refractivity contribution in [2.24, 2.45) is 0 Å². The van der Waals surface area contributed by atoms with Crippen molar-refractivity contribution in [2.45, 2.75) is 11.3 Å². The van der Waals surface area contributed by atoms with E-state index in [0.717, 1.165) is 17.5 Å². The van der Waals surface area contributed by atoms with Crippen molar-refractivity contribution < 1.29 is 0 Å². The minimum absolute atomic E-state index is 0. The number of benzene rings is 1. The van der Waals surface area contributed by atoms with Crippen LogP contribution in [0.5, 0.6) is 0 Å². The van der Waals surface area contributed by atoms with E-state index in [4.69, 9.17) is 11.6 Å². The van der Waals surface area contributed by atoms with Gasteiger partial charge in [-0.05, 0) is 79.4 Å². The van der Waals surface area contributed by atoms with Gasteiger partial charge >= 0.3 is 0 Å². The van der Waals surface area contributed by atoms with Crippen molar-refractivity contribution in [3.05, 3.63) is 71.2 Å². The van der Waals surface area contributed by atoms with Crippen LogP contribution in [0.15, 0.2) is 65.5 Å². The molecule has 154 valence electrons. The first-order valence-corrected chi connectivity index (χ1v) is 13.7. The number of pyridine rings is 1. The molecule has 1 aliphatic heterocycles. The monoisotopic (exact) mass is 482 g/mol. The fourth-order valence-electron chi connectivity index (χ4n) is 3.23. The van der Waals surface area contributed by atoms with E-state index in [1.807, 2.05) is 23.7 Å². The van der Waals surface area contributed by atoms with Gasteiger partial charge in [-0.2, -0.15) is 13.5 Å². The number of nitrogens with one attached hydrogen (secondary N) is 1. The Morgan fingerprint density at radius 3 is 2.72 bits per heavy atom. The summed E-state index contributed by atoms with van der Waals surface area (Å²) in [6, 6.07) is 12.4. The molecule has 0 fully saturated rings. The molecule has 1 unspecified atom stereocenters. The molecule has 4 nitrogen and oxygen atoms in total. The minimum atomic E-state index is -1.37. The van der Waals surface area contributed by atoms with E-state index in [-0.39, 0.29) is 13.5 Å². The lowest BCUT2D eigenvalue weighted by Gasteiger charge is -2.20. The number of allylic oxidation sites excluding steroid dienone is 1. The van der Waals surface area contributed by atoms with Crippen LogP contribution in [0.1, 0.15) is 5.56 Å². The molecule has 1 N–H and O–H groups in total. The first-order chi connectivity index (χ1) is 13.4. The van der Waals surface area contributed by atoms with Crippen LogP contribution >= 0.6 is 54.9 Å². The molecule has 0 radical (unpaired) electrons. The van der Waals surface area contributed by atoms with E-state index in [2.05, 4.69) is 81.6 Å². The summed E-state index contributed by atoms with van der Waals surface area (Å²) < 4.78 is 4.31. The number of aromatic nitrogens is 2. The fraction of sp³-hybridized carbons (Fsp3) is 0.200. The van der Waals surface area contributed by atoms with Gasteiger partial charge in [-0.25, -0.2) is 4.98 Å². The zero-order valence-electron chi connectivity index (χ0n) is 16.5. The fourth-order valence-corrected chi connectivity index (χ4v) is 9.25. The van der Waals surface area contributed by atoms with Crippen LogP contribution in [0.2, 0.25) is 5.02 Å². The summed E-state index contributed by atoms with van der Waals surface area (Å²) in [5.41, 5.74) is 3.50. The third kappa shape index (κ3) is 5.40. The van der Waals surface area contributed by atoms with E-state index in [0.29, 0.717) is 5.02 Å². The Kier molecular flexibility index (Phi) is 7.41. The van der Waals surface area contributed by atoms with Gasteiger partial charge in [0.15, 0.2) is 5.65 Å². The molecule has 3 aromatic rings. The lowest BCUT2D eigenvalue weighted by Crippen LogP contribution is -2.04. The molecule has 1 aromatic carbocycles. The normalized spacial score (nSPS) is 18.3. The SMILES string of the molecule is CN(C)SP1(C)=CC(Cc2cn(Sc3ccccc3)c3ncc(Cl)cc23)=CN1.S. The van der Waals surface area contributed by atoms with Gasteiger partial charge in [-0.15, -0.1) is 0 Å². The van der Waals surface area contributed by atoms with E-state index in [1.165, 1.54) is 16.0 Å². The van der Waals surface area contributed by atoms with E-state index < -0.39 is 6.24 Å². The van der Waals surface area contributed by atoms with Gasteiger partial charge in [-0.3, -0.25) is 8.28 Å². The van der Waals surface area contributed by atoms with Crippen LogP contribution < -0.4 is 5.09 Å². The quantitative estimate of drug-likeness (QED) is 0.350. The molecule has 9 heteroatoms. The van der Waals surface area contributed by atoms with Crippen molar-refractivity contribution in [3.63, 3.8) is 0 Å². The maximum absolute atomic E-state index is 6.26. The highest BCUT2D eigenvalue weighted by Gasteiger charge is 2.20. The third-order valence-corrected chi connectivity index (χ3v) is 10.2. The summed E-state index contributed by atoms with van der Waals surface area (Å²) in [6.07, 6.45) is 5.56. The lowest BCUT2D eigenvalue weighted by atomic mass is 10.1. The smallest absolute Gasteiger partial charge is 0.150 e. The van der Waals surface area contributed by atoms with Crippen molar-refractivity contribution in [1.82, 2.24) is 18.3 Å². The summed E-state index contributed by atoms with van der Waals surface area (Å²) >= 11 is 9.81. The Morgan fingerprint density at radius 2 is 2.00 bits per heavy atom. The Hall–Kier alpha value is -0.950. The van der Waals surface area contributed by atoms with Crippen molar-refractivity contribution in [3.8, 4) is 0 Å². The van der Waals surface area contributed by atoms with Gasteiger partial charge in [0, 0.05) is 41.5 Å². The minimum Gasteiger partial charge on any atom is -0.363 e. The highest BCUT2D eigenvalue weighted by atomic mass is 35.5. The third-order valence-electron chi connectivity index (χ3n) is 4.25. The van der Waals surface area contributed by atoms with Crippen LogP contribution in [0.25, 0.3) is 11.0 Å². The Bertz CT molecular complexity index is 1100. The van der Waals surface area contributed by atoms with E-state index in [1.54, 1.807) is 18.1 Å². The molecule has 0 spiro atoms. The molecule has 1 aliphatic rings. The standard InChI is InChI=1S/C20H22ClN4PS2.H2S/c1-24(2)28-26(3)14-15(11-23-26)9-16-13-25(27-18-7-5-4-6-8-18)20-19(16)10-17(21)12-22-20;/h4-8,10-14,23H,9H2,1-3H3;1H2. The summed E-state index contributed by atoms with van der Waals surface area (Å²) in [7, 11) is 4.18. The molecule has 4 rings (SSSR count). The molecular weight excluding hydrogens is 459 g/mol. The van der Waals surface area contributed by atoms with E-state index >= 15 is 0 Å². The number of rotatable bonds is 6. The first-order valence-electron chi connectivity index (χ1n) is 8.87. The summed E-state index contributed by atoms with van der Waals surface area (Å²) in [5.74, 6) is 2.41. The summed E-state index contributed by atoms with van der Waals surface area (Å²) in [5, 5.41) is 5.38. The van der Waals surface area contributed by atoms with Gasteiger partial charge in [0.2, 0.25) is 0 Å². The van der Waals surface area contributed by atoms with Gasteiger partial charge in [0.1, 0.15) is 0 Å². The molecule has 1 atom stereocenters. The molecule has 3 heterocycles. The Morgan fingerprint density at radius 1 is 1.24 bits per heavy atom. The molecule has 0 amide bonds. The van der Waals surface area contributed by atoms with Crippen molar-refractivity contribution >= 4 is 71.7 Å². The van der Waals surface area contributed by atoms with Gasteiger partial charge in [0.05, 0.1) is 5.02 Å². The number of nitrogens with zero attached hydrogens (tertiary/aromatic N) is 3. The van der Waals surface area contributed by atoms with Crippen LogP contribution in [0.4, 0.5) is 0 Å². The maximum atomic E-state index is 6.26. The average Bonchev–Trinajstić information content (AvgIpc) is 3.16. The predicted octanol–water partition coefficient (Wildman–Crippen LogP) is 5.88. The van der Waals surface area contributed by atoms with Crippen LogP contribution in [-0.2, 0) is 6.42 Å². The second-order valence-corrected chi connectivity index (χ2v) is 14.6. The van der Waals surface area contributed by atoms with E-state index in [9.17, 15) is 0 Å². The summed E-state index contributed by atoms with van der Waals surface area (Å²) in [6.45, 7) is 2.30. The number of hydrogen-bond donors (Lipinski definition) is 1. The Labute approximate surface area is 192 Å². The Balaban J connectivity index is 0.00000240. The van der Waals surface area contributed by atoms with Crippen molar-refractivity contribution in [1.29, 1.82) is 0 Å². The molecule has 29 heavy (non-hydrogen) atoms. The van der Waals surface area contributed by atoms with Crippen LogP contribution in [0.3, 0.4) is 0 Å². The predicted molar refractivity (Wildman–Crippen MR) is 138 cm³/mol. The largest absolute Gasteiger partial charge is 0.363 e. The highest BCUT2D eigenvalue weighted by molar-refractivity contribution is 8.59. The molecule has 0 saturated heterocycles. The number of halogens is 1. The number of hydrogen-bond acceptors (Lipinski definition) is 5. The average molecular weight is 483 g/mol. The zero-order valence-corrected chi connectivity index (χ0v) is 20.7. The van der Waals surface area contributed by atoms with Crippen LogP contribution in [0, 0.1) is 0 Å². The number of fused-ring (bicyclic) bond motifs is 1. The van der Waals surface area contributed by atoms with Crippen molar-refractivity contribution in [2.75, 3.05) is 20.8 Å². The second-order valence-electron chi connectivity index (χ2n) is 6.95. The molecule has 0 saturated carbocycles. The highest BCUT2D eigenvalue weighted by Crippen LogP contribution is 2.55. The van der Waals surface area contributed by atoms with Gasteiger partial charge in [-0.1, -0.05) is 29.8 Å². The molecule has 0 bridgehead atoms. The summed E-state index contributed by atoms with van der Waals surface area (Å²) in [4.78, 5) is 5.78. The van der Waals surface area contributed by atoms with Crippen LogP contribution in [-0.4, -0.2) is 39.8 Å².